The lowest BCUT2D eigenvalue weighted by molar-refractivity contribution is 0.467. The van der Waals surface area contributed by atoms with Crippen LogP contribution in [0.4, 0.5) is 0 Å². The van der Waals surface area contributed by atoms with Crippen LogP contribution in [0.25, 0.3) is 11.5 Å². The number of aromatic nitrogens is 2. The van der Waals surface area contributed by atoms with Gasteiger partial charge in [-0.05, 0) is 24.3 Å². The van der Waals surface area contributed by atoms with Crippen LogP contribution in [-0.4, -0.2) is 10.2 Å². The molecule has 0 saturated carbocycles. The molecular weight excluding hydrogens is 220 g/mol. The van der Waals surface area contributed by atoms with Gasteiger partial charge >= 0.3 is 0 Å². The van der Waals surface area contributed by atoms with Crippen molar-refractivity contribution in [1.82, 2.24) is 10.2 Å². The Balaban J connectivity index is 2.34. The molecule has 0 fully saturated rings. The molecule has 0 aliphatic heterocycles. The molecule has 0 atom stereocenters. The van der Waals surface area contributed by atoms with Crippen LogP contribution in [0.15, 0.2) is 33.9 Å². The third-order valence-electron chi connectivity index (χ3n) is 1.62. The molecule has 71 valence electrons. The highest BCUT2D eigenvalue weighted by atomic mass is 35.5. The Kier molecular flexibility index (Phi) is 2.74. The van der Waals surface area contributed by atoms with Gasteiger partial charge in [-0.2, -0.15) is 0 Å². The maximum atomic E-state index is 5.75. The Labute approximate surface area is 90.5 Å². The van der Waals surface area contributed by atoms with Crippen molar-refractivity contribution in [2.24, 2.45) is 0 Å². The minimum atomic E-state index is 0.454. The molecule has 0 aliphatic carbocycles. The number of hydrogen-bond acceptors (Lipinski definition) is 4. The molecule has 0 spiro atoms. The minimum Gasteiger partial charge on any atom is -0.411 e. The number of rotatable bonds is 2. The summed E-state index contributed by atoms with van der Waals surface area (Å²) in [5.74, 6) is 0.479. The largest absolute Gasteiger partial charge is 0.411 e. The monoisotopic (exact) mass is 225 g/mol. The topological polar surface area (TPSA) is 38.9 Å². The minimum absolute atomic E-state index is 0.454. The summed E-state index contributed by atoms with van der Waals surface area (Å²) in [5, 5.41) is 8.78. The molecule has 0 amide bonds. The summed E-state index contributed by atoms with van der Waals surface area (Å²) < 4.78 is 5.29. The Morgan fingerprint density at radius 1 is 1.21 bits per heavy atom. The Hall–Kier alpha value is -1.00. The Morgan fingerprint density at radius 3 is 2.50 bits per heavy atom. The van der Waals surface area contributed by atoms with Crippen LogP contribution in [0.1, 0.15) is 0 Å². The summed E-state index contributed by atoms with van der Waals surface area (Å²) in [7, 11) is 0. The van der Waals surface area contributed by atoms with Crippen LogP contribution in [0.2, 0.25) is 5.02 Å². The third kappa shape index (κ3) is 1.91. The SMILES string of the molecule is [CH2]Sc1nnc(-c2ccc(Cl)cc2)o1. The second kappa shape index (κ2) is 4.02. The van der Waals surface area contributed by atoms with Crippen LogP contribution in [0, 0.1) is 6.26 Å². The fraction of sp³-hybridized carbons (Fsp3) is 0. The van der Waals surface area contributed by atoms with Crippen molar-refractivity contribution >= 4 is 23.4 Å². The summed E-state index contributed by atoms with van der Waals surface area (Å²) in [6, 6.07) is 7.21. The van der Waals surface area contributed by atoms with Gasteiger partial charge in [0.15, 0.2) is 0 Å². The summed E-state index contributed by atoms with van der Waals surface area (Å²) in [5.41, 5.74) is 0.849. The van der Waals surface area contributed by atoms with Crippen molar-refractivity contribution in [3.63, 3.8) is 0 Å². The van der Waals surface area contributed by atoms with Gasteiger partial charge in [0.05, 0.1) is 0 Å². The van der Waals surface area contributed by atoms with Gasteiger partial charge in [0, 0.05) is 16.8 Å². The second-order valence-corrected chi connectivity index (χ2v) is 3.60. The molecule has 0 saturated heterocycles. The Morgan fingerprint density at radius 2 is 1.93 bits per heavy atom. The van der Waals surface area contributed by atoms with E-state index in [2.05, 4.69) is 16.5 Å². The highest BCUT2D eigenvalue weighted by molar-refractivity contribution is 8.00. The highest BCUT2D eigenvalue weighted by Crippen LogP contribution is 2.23. The number of hydrogen-bond donors (Lipinski definition) is 0. The molecule has 14 heavy (non-hydrogen) atoms. The van der Waals surface area contributed by atoms with E-state index in [4.69, 9.17) is 16.0 Å². The number of halogens is 1. The van der Waals surface area contributed by atoms with Gasteiger partial charge in [0.1, 0.15) is 0 Å². The molecule has 1 aromatic carbocycles. The van der Waals surface area contributed by atoms with Crippen LogP contribution >= 0.6 is 23.4 Å². The van der Waals surface area contributed by atoms with Crippen molar-refractivity contribution in [3.8, 4) is 11.5 Å². The zero-order valence-electron chi connectivity index (χ0n) is 7.11. The molecule has 1 radical (unpaired) electrons. The standard InChI is InChI=1S/C9H6ClN2OS/c1-14-9-12-11-8(13-9)6-2-4-7(10)5-3-6/h2-5H,1H2. The fourth-order valence-electron chi connectivity index (χ4n) is 0.977. The Bertz CT molecular complexity index is 427. The van der Waals surface area contributed by atoms with E-state index < -0.39 is 0 Å². The highest BCUT2D eigenvalue weighted by Gasteiger charge is 2.06. The first kappa shape index (κ1) is 9.55. The molecule has 1 heterocycles. The smallest absolute Gasteiger partial charge is 0.276 e. The molecule has 0 bridgehead atoms. The predicted octanol–water partition coefficient (Wildman–Crippen LogP) is 3.27. The zero-order chi connectivity index (χ0) is 9.97. The summed E-state index contributed by atoms with van der Waals surface area (Å²) >= 11 is 6.92. The van der Waals surface area contributed by atoms with E-state index in [1.165, 1.54) is 11.8 Å². The number of thioether (sulfide) groups is 1. The van der Waals surface area contributed by atoms with Crippen LogP contribution < -0.4 is 0 Å². The van der Waals surface area contributed by atoms with Crippen molar-refractivity contribution in [2.45, 2.75) is 5.22 Å². The van der Waals surface area contributed by atoms with E-state index in [1.807, 2.05) is 12.1 Å². The molecule has 5 heteroatoms. The average Bonchev–Trinajstić information content (AvgIpc) is 2.67. The van der Waals surface area contributed by atoms with Crippen molar-refractivity contribution in [3.05, 3.63) is 35.5 Å². The molecule has 2 rings (SSSR count). The van der Waals surface area contributed by atoms with Gasteiger partial charge in [-0.1, -0.05) is 23.4 Å². The summed E-state index contributed by atoms with van der Waals surface area (Å²) in [4.78, 5) is 0. The zero-order valence-corrected chi connectivity index (χ0v) is 8.68. The van der Waals surface area contributed by atoms with E-state index in [9.17, 15) is 0 Å². The maximum absolute atomic E-state index is 5.75. The molecular formula is C9H6ClN2OS. The van der Waals surface area contributed by atoms with Gasteiger partial charge in [0.25, 0.3) is 5.22 Å². The van der Waals surface area contributed by atoms with Gasteiger partial charge in [-0.3, -0.25) is 0 Å². The third-order valence-corrected chi connectivity index (χ3v) is 2.29. The molecule has 3 nitrogen and oxygen atoms in total. The van der Waals surface area contributed by atoms with Crippen LogP contribution in [0.3, 0.4) is 0 Å². The van der Waals surface area contributed by atoms with E-state index in [-0.39, 0.29) is 0 Å². The number of nitrogens with zero attached hydrogens (tertiary/aromatic N) is 2. The first-order chi connectivity index (χ1) is 6.79. The van der Waals surface area contributed by atoms with Gasteiger partial charge in [-0.25, -0.2) is 0 Å². The molecule has 0 unspecified atom stereocenters. The molecule has 0 N–H and O–H groups in total. The van der Waals surface area contributed by atoms with Gasteiger partial charge in [-0.15, -0.1) is 10.2 Å². The number of benzene rings is 1. The van der Waals surface area contributed by atoms with Crippen molar-refractivity contribution in [1.29, 1.82) is 0 Å². The normalized spacial score (nSPS) is 10.4. The first-order valence-electron chi connectivity index (χ1n) is 3.81. The lowest BCUT2D eigenvalue weighted by atomic mass is 10.2. The van der Waals surface area contributed by atoms with Gasteiger partial charge < -0.3 is 4.42 Å². The van der Waals surface area contributed by atoms with Crippen molar-refractivity contribution in [2.75, 3.05) is 0 Å². The van der Waals surface area contributed by atoms with E-state index in [1.54, 1.807) is 12.1 Å². The second-order valence-electron chi connectivity index (χ2n) is 2.52. The van der Waals surface area contributed by atoms with E-state index in [0.717, 1.165) is 5.56 Å². The fourth-order valence-corrected chi connectivity index (χ4v) is 1.34. The molecule has 0 aliphatic rings. The van der Waals surface area contributed by atoms with E-state index in [0.29, 0.717) is 16.1 Å². The lowest BCUT2D eigenvalue weighted by Gasteiger charge is -1.93. The first-order valence-corrected chi connectivity index (χ1v) is 5.17. The predicted molar refractivity (Wildman–Crippen MR) is 56.0 cm³/mol. The van der Waals surface area contributed by atoms with Gasteiger partial charge in [0.2, 0.25) is 5.89 Å². The van der Waals surface area contributed by atoms with Crippen LogP contribution in [-0.2, 0) is 0 Å². The average molecular weight is 226 g/mol. The van der Waals surface area contributed by atoms with Crippen molar-refractivity contribution < 1.29 is 4.42 Å². The maximum Gasteiger partial charge on any atom is 0.276 e. The van der Waals surface area contributed by atoms with E-state index >= 15 is 0 Å². The van der Waals surface area contributed by atoms with Crippen LogP contribution in [0.5, 0.6) is 0 Å². The molecule has 1 aromatic heterocycles. The quantitative estimate of drug-likeness (QED) is 0.736. The summed E-state index contributed by atoms with van der Waals surface area (Å²) in [6.45, 7) is 0. The summed E-state index contributed by atoms with van der Waals surface area (Å²) in [6.07, 6.45) is 3.58. The lowest BCUT2D eigenvalue weighted by Crippen LogP contribution is -1.76. The molecule has 2 aromatic rings.